The van der Waals surface area contributed by atoms with Crippen LogP contribution in [0.4, 0.5) is 0 Å². The number of nitrogens with zero attached hydrogens (tertiary/aromatic N) is 1. The van der Waals surface area contributed by atoms with Gasteiger partial charge in [-0.3, -0.25) is 0 Å². The zero-order valence-corrected chi connectivity index (χ0v) is 10.1. The van der Waals surface area contributed by atoms with Crippen molar-refractivity contribution in [2.45, 2.75) is 33.6 Å². The van der Waals surface area contributed by atoms with Gasteiger partial charge in [0.25, 0.3) is 0 Å². The first-order valence-corrected chi connectivity index (χ1v) is 4.33. The third-order valence-corrected chi connectivity index (χ3v) is 2.22. The monoisotopic (exact) mass is 272 g/mol. The second-order valence-electron chi connectivity index (χ2n) is 2.93. The summed E-state index contributed by atoms with van der Waals surface area (Å²) in [6.45, 7) is 9.74. The molecule has 0 bridgehead atoms. The molecule has 70 valence electrons. The first-order chi connectivity index (χ1) is 4.68. The lowest BCUT2D eigenvalue weighted by atomic mass is 10.3. The van der Waals surface area contributed by atoms with Crippen molar-refractivity contribution in [3.8, 4) is 0 Å². The minimum Gasteiger partial charge on any atom is -1.00 e. The highest BCUT2D eigenvalue weighted by Gasteiger charge is 2.15. The lowest BCUT2D eigenvalue weighted by Gasteiger charge is -2.30. The quantitative estimate of drug-likeness (QED) is 0.281. The molecule has 2 nitrogen and oxygen atoms in total. The van der Waals surface area contributed by atoms with E-state index in [1.165, 1.54) is 12.8 Å². The number of hydrogen-bond donors (Lipinski definition) is 1. The molecule has 3 heteroatoms. The largest absolute Gasteiger partial charge is 1.00 e. The normalized spacial score (nSPS) is 10.9. The summed E-state index contributed by atoms with van der Waals surface area (Å²) >= 11 is 0. The number of rotatable bonds is 5. The molecular weight excluding hydrogens is 251 g/mol. The lowest BCUT2D eigenvalue weighted by Crippen LogP contribution is -3.00. The van der Waals surface area contributed by atoms with Gasteiger partial charge in [-0.15, -0.1) is 0 Å². The van der Waals surface area contributed by atoms with E-state index in [2.05, 4.69) is 20.8 Å². The molecule has 0 amide bonds. The van der Waals surface area contributed by atoms with E-state index >= 15 is 0 Å². The molecule has 0 heterocycles. The zero-order chi connectivity index (χ0) is 8.04. The number of hydrogen-bond acceptors (Lipinski definition) is 1. The van der Waals surface area contributed by atoms with Crippen molar-refractivity contribution in [1.82, 2.24) is 0 Å². The molecule has 0 spiro atoms. The number of quaternary nitrogens is 1. The predicted octanol–water partition coefficient (Wildman–Crippen LogP) is -1.48. The third kappa shape index (κ3) is 5.87. The van der Waals surface area contributed by atoms with Crippen LogP contribution in [0.1, 0.15) is 33.6 Å². The minimum absolute atomic E-state index is 0. The molecule has 0 aliphatic carbocycles. The van der Waals surface area contributed by atoms with E-state index in [0.717, 1.165) is 24.2 Å². The second kappa shape index (κ2) is 7.31. The fourth-order valence-corrected chi connectivity index (χ4v) is 1.01. The van der Waals surface area contributed by atoms with Gasteiger partial charge in [0.2, 0.25) is 0 Å². The van der Waals surface area contributed by atoms with Crippen LogP contribution in [0.2, 0.25) is 0 Å². The van der Waals surface area contributed by atoms with E-state index in [4.69, 9.17) is 5.84 Å². The van der Waals surface area contributed by atoms with Crippen LogP contribution in [-0.2, 0) is 0 Å². The van der Waals surface area contributed by atoms with Gasteiger partial charge in [-0.2, -0.15) is 5.84 Å². The Morgan fingerprint density at radius 3 is 1.82 bits per heavy atom. The lowest BCUT2D eigenvalue weighted by molar-refractivity contribution is -0.936. The summed E-state index contributed by atoms with van der Waals surface area (Å²) in [7, 11) is 0. The Morgan fingerprint density at radius 2 is 1.55 bits per heavy atom. The van der Waals surface area contributed by atoms with Crippen LogP contribution in [-0.4, -0.2) is 24.2 Å². The Balaban J connectivity index is 0. The fourth-order valence-electron chi connectivity index (χ4n) is 1.01. The molecule has 0 aromatic heterocycles. The molecule has 0 aromatic carbocycles. The van der Waals surface area contributed by atoms with E-state index in [0.29, 0.717) is 0 Å². The highest BCUT2D eigenvalue weighted by Crippen LogP contribution is 2.00. The van der Waals surface area contributed by atoms with Gasteiger partial charge in [-0.25, -0.2) is 4.59 Å². The summed E-state index contributed by atoms with van der Waals surface area (Å²) in [5.74, 6) is 6.02. The van der Waals surface area contributed by atoms with E-state index in [1.54, 1.807) is 0 Å². The molecule has 0 aliphatic heterocycles. The first-order valence-electron chi connectivity index (χ1n) is 4.33. The minimum atomic E-state index is 0. The van der Waals surface area contributed by atoms with Crippen molar-refractivity contribution in [3.05, 3.63) is 0 Å². The highest BCUT2D eigenvalue weighted by atomic mass is 127. The van der Waals surface area contributed by atoms with Gasteiger partial charge in [0.1, 0.15) is 0 Å². The Labute approximate surface area is 87.7 Å². The maximum absolute atomic E-state index is 6.02. The highest BCUT2D eigenvalue weighted by molar-refractivity contribution is 4.33. The van der Waals surface area contributed by atoms with E-state index in [1.807, 2.05) is 0 Å². The summed E-state index contributed by atoms with van der Waals surface area (Å²) in [6.07, 6.45) is 2.50. The molecule has 0 rings (SSSR count). The smallest absolute Gasteiger partial charge is 0.0959 e. The van der Waals surface area contributed by atoms with E-state index in [9.17, 15) is 0 Å². The van der Waals surface area contributed by atoms with E-state index < -0.39 is 0 Å². The van der Waals surface area contributed by atoms with Gasteiger partial charge >= 0.3 is 0 Å². The maximum atomic E-state index is 6.02. The molecule has 0 fully saturated rings. The van der Waals surface area contributed by atoms with Gasteiger partial charge in [0.05, 0.1) is 19.6 Å². The van der Waals surface area contributed by atoms with Crippen molar-refractivity contribution in [3.63, 3.8) is 0 Å². The van der Waals surface area contributed by atoms with Gasteiger partial charge in [0, 0.05) is 0 Å². The Hall–Kier alpha value is 0.650. The summed E-state index contributed by atoms with van der Waals surface area (Å²) in [5, 5.41) is 0. The molecule has 0 atom stereocenters. The van der Waals surface area contributed by atoms with Crippen LogP contribution in [0.25, 0.3) is 0 Å². The van der Waals surface area contributed by atoms with Crippen molar-refractivity contribution >= 4 is 0 Å². The fraction of sp³-hybridized carbons (Fsp3) is 1.00. The number of unbranched alkanes of at least 4 members (excludes halogenated alkanes) is 1. The standard InChI is InChI=1S/C8H21N2.HI/c1-4-7-8-10(9,5-2)6-3;/h4-9H2,1-3H3;1H/q+1;/p-1. The molecular formula is C8H21IN2. The molecule has 0 aromatic rings. The molecule has 2 N–H and O–H groups in total. The Bertz CT molecular complexity index is 82.2. The van der Waals surface area contributed by atoms with Gasteiger partial charge in [-0.05, 0) is 20.3 Å². The summed E-state index contributed by atoms with van der Waals surface area (Å²) in [5.41, 5.74) is 0. The first kappa shape index (κ1) is 14.2. The predicted molar refractivity (Wildman–Crippen MR) is 45.3 cm³/mol. The molecule has 0 saturated carbocycles. The molecule has 0 aliphatic rings. The van der Waals surface area contributed by atoms with Crippen LogP contribution >= 0.6 is 0 Å². The Morgan fingerprint density at radius 1 is 1.09 bits per heavy atom. The van der Waals surface area contributed by atoms with Crippen molar-refractivity contribution in [2.75, 3.05) is 19.6 Å². The summed E-state index contributed by atoms with van der Waals surface area (Å²) in [6, 6.07) is 0. The average Bonchev–Trinajstić information content (AvgIpc) is 2.00. The van der Waals surface area contributed by atoms with Gasteiger partial charge in [-0.1, -0.05) is 13.3 Å². The number of nitrogens with two attached hydrogens (primary N) is 1. The summed E-state index contributed by atoms with van der Waals surface area (Å²) < 4.78 is 0.744. The topological polar surface area (TPSA) is 26.0 Å². The van der Waals surface area contributed by atoms with Crippen molar-refractivity contribution < 1.29 is 28.6 Å². The van der Waals surface area contributed by atoms with Crippen molar-refractivity contribution in [1.29, 1.82) is 0 Å². The van der Waals surface area contributed by atoms with Crippen LogP contribution in [0.5, 0.6) is 0 Å². The average molecular weight is 272 g/mol. The Kier molecular flexibility index (Phi) is 9.43. The second-order valence-corrected chi connectivity index (χ2v) is 2.93. The summed E-state index contributed by atoms with van der Waals surface area (Å²) in [4.78, 5) is 0. The molecule has 0 unspecified atom stereocenters. The SMILES string of the molecule is CCCC[N+](N)(CC)CC.[I-]. The number of halogens is 1. The van der Waals surface area contributed by atoms with Crippen LogP contribution in [0, 0.1) is 0 Å². The van der Waals surface area contributed by atoms with Crippen molar-refractivity contribution in [2.24, 2.45) is 5.84 Å². The van der Waals surface area contributed by atoms with E-state index in [-0.39, 0.29) is 24.0 Å². The molecule has 11 heavy (non-hydrogen) atoms. The van der Waals surface area contributed by atoms with Gasteiger partial charge < -0.3 is 24.0 Å². The zero-order valence-electron chi connectivity index (χ0n) is 7.94. The third-order valence-electron chi connectivity index (χ3n) is 2.22. The van der Waals surface area contributed by atoms with Crippen LogP contribution in [0.15, 0.2) is 0 Å². The van der Waals surface area contributed by atoms with Crippen LogP contribution in [0.3, 0.4) is 0 Å². The van der Waals surface area contributed by atoms with Gasteiger partial charge in [0.15, 0.2) is 0 Å². The maximum Gasteiger partial charge on any atom is 0.0959 e. The molecule has 0 saturated heterocycles. The van der Waals surface area contributed by atoms with Crippen LogP contribution < -0.4 is 29.8 Å². The molecule has 0 radical (unpaired) electrons.